The molecular formula is C22H21NO5. The van der Waals surface area contributed by atoms with Gasteiger partial charge in [-0.2, -0.15) is 0 Å². The topological polar surface area (TPSA) is 77.8 Å². The summed E-state index contributed by atoms with van der Waals surface area (Å²) in [6, 6.07) is 14.0. The molecule has 0 spiro atoms. The van der Waals surface area contributed by atoms with Crippen molar-refractivity contribution in [2.45, 2.75) is 19.9 Å². The quantitative estimate of drug-likeness (QED) is 0.700. The number of ether oxygens (including phenoxy) is 2. The van der Waals surface area contributed by atoms with Crippen LogP contribution in [-0.2, 0) is 0 Å². The van der Waals surface area contributed by atoms with E-state index in [1.165, 1.54) is 0 Å². The molecule has 1 aromatic heterocycles. The van der Waals surface area contributed by atoms with Crippen LogP contribution in [0.5, 0.6) is 11.5 Å². The Labute approximate surface area is 162 Å². The van der Waals surface area contributed by atoms with Crippen LogP contribution in [0.15, 0.2) is 57.7 Å². The van der Waals surface area contributed by atoms with Gasteiger partial charge in [-0.1, -0.05) is 38.1 Å². The third kappa shape index (κ3) is 3.45. The monoisotopic (exact) mass is 379 g/mol. The summed E-state index contributed by atoms with van der Waals surface area (Å²) in [5.74, 6) is 0.986. The van der Waals surface area contributed by atoms with Crippen LogP contribution in [0.2, 0.25) is 0 Å². The Morgan fingerprint density at radius 3 is 2.54 bits per heavy atom. The minimum Gasteiger partial charge on any atom is -0.486 e. The summed E-state index contributed by atoms with van der Waals surface area (Å²) >= 11 is 0. The summed E-state index contributed by atoms with van der Waals surface area (Å²) < 4.78 is 16.5. The van der Waals surface area contributed by atoms with E-state index in [2.05, 4.69) is 5.32 Å². The fourth-order valence-corrected chi connectivity index (χ4v) is 3.33. The number of rotatable bonds is 4. The molecule has 2 aromatic carbocycles. The molecule has 0 radical (unpaired) electrons. The van der Waals surface area contributed by atoms with Gasteiger partial charge < -0.3 is 19.2 Å². The minimum atomic E-state index is -0.652. The summed E-state index contributed by atoms with van der Waals surface area (Å²) in [6.45, 7) is 5.02. The number of nitrogens with one attached hydrogen (secondary N) is 1. The normalized spacial score (nSPS) is 14.1. The summed E-state index contributed by atoms with van der Waals surface area (Å²) in [4.78, 5) is 25.1. The molecule has 0 aliphatic carbocycles. The van der Waals surface area contributed by atoms with E-state index in [1.807, 2.05) is 38.1 Å². The average Bonchev–Trinajstić information content (AvgIpc) is 2.70. The van der Waals surface area contributed by atoms with Crippen molar-refractivity contribution in [3.63, 3.8) is 0 Å². The van der Waals surface area contributed by atoms with Crippen LogP contribution in [0.25, 0.3) is 11.0 Å². The molecule has 1 amide bonds. The third-order valence-corrected chi connectivity index (χ3v) is 4.76. The highest BCUT2D eigenvalue weighted by Crippen LogP contribution is 2.34. The number of para-hydroxylation sites is 1. The molecule has 0 saturated heterocycles. The van der Waals surface area contributed by atoms with Gasteiger partial charge in [-0.25, -0.2) is 4.79 Å². The maximum absolute atomic E-state index is 12.9. The second kappa shape index (κ2) is 7.38. The van der Waals surface area contributed by atoms with Gasteiger partial charge in [0.05, 0.1) is 6.04 Å². The maximum atomic E-state index is 12.9. The van der Waals surface area contributed by atoms with Gasteiger partial charge in [-0.3, -0.25) is 4.79 Å². The third-order valence-electron chi connectivity index (χ3n) is 4.76. The first kappa shape index (κ1) is 18.1. The van der Waals surface area contributed by atoms with Crippen LogP contribution in [0.4, 0.5) is 0 Å². The Morgan fingerprint density at radius 2 is 1.75 bits per heavy atom. The van der Waals surface area contributed by atoms with Crippen molar-refractivity contribution in [1.82, 2.24) is 5.32 Å². The number of benzene rings is 2. The van der Waals surface area contributed by atoms with Crippen LogP contribution < -0.4 is 20.4 Å². The SMILES string of the molecule is CC(C)C(NC(=O)c1cc2ccccc2oc1=O)c1ccc2c(c1)OCCO2. The first-order valence-electron chi connectivity index (χ1n) is 9.26. The van der Waals surface area contributed by atoms with Crippen molar-refractivity contribution in [2.24, 2.45) is 5.92 Å². The van der Waals surface area contributed by atoms with Crippen LogP contribution >= 0.6 is 0 Å². The maximum Gasteiger partial charge on any atom is 0.349 e. The van der Waals surface area contributed by atoms with E-state index in [-0.39, 0.29) is 17.5 Å². The molecule has 2 heterocycles. The number of carbonyl (C=O) groups is 1. The highest BCUT2D eigenvalue weighted by atomic mass is 16.6. The molecule has 3 aromatic rings. The number of fused-ring (bicyclic) bond motifs is 2. The number of amides is 1. The van der Waals surface area contributed by atoms with Gasteiger partial charge >= 0.3 is 5.63 Å². The van der Waals surface area contributed by atoms with Gasteiger partial charge in [0.15, 0.2) is 11.5 Å². The first-order chi connectivity index (χ1) is 13.5. The molecule has 1 aliphatic rings. The van der Waals surface area contributed by atoms with Crippen molar-refractivity contribution < 1.29 is 18.7 Å². The molecule has 144 valence electrons. The molecule has 4 rings (SSSR count). The van der Waals surface area contributed by atoms with E-state index in [4.69, 9.17) is 13.9 Å². The molecule has 0 bridgehead atoms. The van der Waals surface area contributed by atoms with Crippen molar-refractivity contribution in [1.29, 1.82) is 0 Å². The highest BCUT2D eigenvalue weighted by molar-refractivity contribution is 5.96. The van der Waals surface area contributed by atoms with Crippen LogP contribution in [0, 0.1) is 5.92 Å². The van der Waals surface area contributed by atoms with E-state index in [9.17, 15) is 9.59 Å². The van der Waals surface area contributed by atoms with Gasteiger partial charge in [-0.05, 0) is 35.7 Å². The smallest absolute Gasteiger partial charge is 0.349 e. The van der Waals surface area contributed by atoms with Crippen molar-refractivity contribution in [3.05, 3.63) is 70.1 Å². The van der Waals surface area contributed by atoms with Crippen LogP contribution in [0.3, 0.4) is 0 Å². The Kier molecular flexibility index (Phi) is 4.77. The Hall–Kier alpha value is -3.28. The molecule has 1 atom stereocenters. The van der Waals surface area contributed by atoms with Gasteiger partial charge in [-0.15, -0.1) is 0 Å². The highest BCUT2D eigenvalue weighted by Gasteiger charge is 2.23. The molecular weight excluding hydrogens is 358 g/mol. The molecule has 6 heteroatoms. The van der Waals surface area contributed by atoms with Crippen molar-refractivity contribution >= 4 is 16.9 Å². The summed E-state index contributed by atoms with van der Waals surface area (Å²) in [7, 11) is 0. The summed E-state index contributed by atoms with van der Waals surface area (Å²) in [5.41, 5.74) is 0.678. The van der Waals surface area contributed by atoms with E-state index in [0.717, 1.165) is 5.56 Å². The second-order valence-electron chi connectivity index (χ2n) is 7.08. The zero-order valence-corrected chi connectivity index (χ0v) is 15.7. The van der Waals surface area contributed by atoms with E-state index >= 15 is 0 Å². The lowest BCUT2D eigenvalue weighted by Crippen LogP contribution is -2.34. The number of carbonyl (C=O) groups excluding carboxylic acids is 1. The molecule has 1 N–H and O–H groups in total. The molecule has 6 nitrogen and oxygen atoms in total. The number of hydrogen-bond donors (Lipinski definition) is 1. The Morgan fingerprint density at radius 1 is 1.00 bits per heavy atom. The number of hydrogen-bond acceptors (Lipinski definition) is 5. The fraction of sp³-hybridized carbons (Fsp3) is 0.273. The van der Waals surface area contributed by atoms with E-state index < -0.39 is 11.5 Å². The van der Waals surface area contributed by atoms with E-state index in [1.54, 1.807) is 24.3 Å². The Balaban J connectivity index is 1.64. The molecule has 0 fully saturated rings. The van der Waals surface area contributed by atoms with E-state index in [0.29, 0.717) is 35.7 Å². The van der Waals surface area contributed by atoms with Crippen molar-refractivity contribution in [3.8, 4) is 11.5 Å². The van der Waals surface area contributed by atoms with Crippen molar-refractivity contribution in [2.75, 3.05) is 13.2 Å². The molecule has 1 aliphatic heterocycles. The van der Waals surface area contributed by atoms with Gasteiger partial charge in [0.25, 0.3) is 5.91 Å². The van der Waals surface area contributed by atoms with Crippen LogP contribution in [0.1, 0.15) is 35.8 Å². The molecule has 1 unspecified atom stereocenters. The fourth-order valence-electron chi connectivity index (χ4n) is 3.33. The largest absolute Gasteiger partial charge is 0.486 e. The molecule has 28 heavy (non-hydrogen) atoms. The lowest BCUT2D eigenvalue weighted by molar-refractivity contribution is 0.0921. The van der Waals surface area contributed by atoms with Gasteiger partial charge in [0, 0.05) is 5.39 Å². The van der Waals surface area contributed by atoms with Gasteiger partial charge in [0.2, 0.25) is 0 Å². The average molecular weight is 379 g/mol. The second-order valence-corrected chi connectivity index (χ2v) is 7.08. The summed E-state index contributed by atoms with van der Waals surface area (Å²) in [6.07, 6.45) is 0. The zero-order valence-electron chi connectivity index (χ0n) is 15.7. The predicted octanol–water partition coefficient (Wildman–Crippen LogP) is 3.69. The standard InChI is InChI=1S/C22H21NO5/c1-13(2)20(15-7-8-18-19(12-15)27-10-9-26-18)23-21(24)16-11-14-5-3-4-6-17(14)28-22(16)25/h3-8,11-13,20H,9-10H2,1-2H3,(H,23,24). The Bertz CT molecular complexity index is 1090. The predicted molar refractivity (Wildman–Crippen MR) is 105 cm³/mol. The molecule has 0 saturated carbocycles. The first-order valence-corrected chi connectivity index (χ1v) is 9.26. The van der Waals surface area contributed by atoms with Crippen LogP contribution in [-0.4, -0.2) is 19.1 Å². The minimum absolute atomic E-state index is 0.0121. The zero-order chi connectivity index (χ0) is 19.7. The lowest BCUT2D eigenvalue weighted by Gasteiger charge is -2.25. The summed E-state index contributed by atoms with van der Waals surface area (Å²) in [5, 5.41) is 3.67. The van der Waals surface area contributed by atoms with Gasteiger partial charge in [0.1, 0.15) is 24.4 Å². The lowest BCUT2D eigenvalue weighted by atomic mass is 9.95.